The fraction of sp³-hybridized carbons (Fsp3) is 0.278. The second-order valence-corrected chi connectivity index (χ2v) is 5.52. The Kier molecular flexibility index (Phi) is 4.02. The summed E-state index contributed by atoms with van der Waals surface area (Å²) in [6.45, 7) is 3.18. The number of aryl methyl sites for hydroxylation is 1. The van der Waals surface area contributed by atoms with Crippen LogP contribution >= 0.6 is 0 Å². The first-order valence-electron chi connectivity index (χ1n) is 7.42. The third-order valence-electron chi connectivity index (χ3n) is 3.91. The fourth-order valence-electron chi connectivity index (χ4n) is 2.77. The highest BCUT2D eigenvalue weighted by Gasteiger charge is 2.08. The van der Waals surface area contributed by atoms with Crippen molar-refractivity contribution in [3.05, 3.63) is 66.0 Å². The Morgan fingerprint density at radius 2 is 1.95 bits per heavy atom. The van der Waals surface area contributed by atoms with E-state index < -0.39 is 0 Å². The molecule has 21 heavy (non-hydrogen) atoms. The van der Waals surface area contributed by atoms with Crippen LogP contribution in [-0.2, 0) is 13.5 Å². The lowest BCUT2D eigenvalue weighted by Gasteiger charge is -2.16. The van der Waals surface area contributed by atoms with Gasteiger partial charge >= 0.3 is 0 Å². The molecule has 2 aromatic carbocycles. The van der Waals surface area contributed by atoms with Gasteiger partial charge in [-0.05, 0) is 41.8 Å². The van der Waals surface area contributed by atoms with Crippen LogP contribution in [0.4, 0.5) is 0 Å². The maximum atomic E-state index is 4.20. The van der Waals surface area contributed by atoms with Gasteiger partial charge in [0.05, 0.1) is 6.20 Å². The summed E-state index contributed by atoms with van der Waals surface area (Å²) in [4.78, 5) is 0. The molecule has 3 rings (SSSR count). The summed E-state index contributed by atoms with van der Waals surface area (Å²) in [6, 6.07) is 15.4. The van der Waals surface area contributed by atoms with Gasteiger partial charge in [0.2, 0.25) is 0 Å². The van der Waals surface area contributed by atoms with Gasteiger partial charge in [-0.25, -0.2) is 0 Å². The van der Waals surface area contributed by atoms with Crippen LogP contribution < -0.4 is 5.32 Å². The van der Waals surface area contributed by atoms with Crippen molar-refractivity contribution in [1.82, 2.24) is 15.1 Å². The summed E-state index contributed by atoms with van der Waals surface area (Å²) in [5.41, 5.74) is 2.63. The lowest BCUT2D eigenvalue weighted by atomic mass is 9.99. The summed E-state index contributed by atoms with van der Waals surface area (Å²) in [7, 11) is 1.95. The highest BCUT2D eigenvalue weighted by Crippen LogP contribution is 2.23. The van der Waals surface area contributed by atoms with E-state index in [2.05, 4.69) is 66.0 Å². The standard InChI is InChI=1S/C18H21N3/c1-14(19-11-10-15-12-20-21(2)13-15)17-9-5-7-16-6-3-4-8-18(16)17/h3-9,12-14,19H,10-11H2,1-2H3. The zero-order valence-corrected chi connectivity index (χ0v) is 12.6. The summed E-state index contributed by atoms with van der Waals surface area (Å²) < 4.78 is 1.85. The molecule has 1 aromatic heterocycles. The highest BCUT2D eigenvalue weighted by atomic mass is 15.2. The molecule has 0 saturated carbocycles. The lowest BCUT2D eigenvalue weighted by Crippen LogP contribution is -2.21. The molecule has 108 valence electrons. The van der Waals surface area contributed by atoms with Crippen molar-refractivity contribution in [2.75, 3.05) is 6.54 Å². The number of benzene rings is 2. The smallest absolute Gasteiger partial charge is 0.0522 e. The average molecular weight is 279 g/mol. The van der Waals surface area contributed by atoms with Crippen molar-refractivity contribution < 1.29 is 0 Å². The Morgan fingerprint density at radius 1 is 1.14 bits per heavy atom. The maximum absolute atomic E-state index is 4.20. The topological polar surface area (TPSA) is 29.9 Å². The van der Waals surface area contributed by atoms with E-state index in [-0.39, 0.29) is 0 Å². The number of aromatic nitrogens is 2. The molecule has 3 aromatic rings. The van der Waals surface area contributed by atoms with Gasteiger partial charge < -0.3 is 5.32 Å². The van der Waals surface area contributed by atoms with E-state index in [9.17, 15) is 0 Å². The first-order valence-corrected chi connectivity index (χ1v) is 7.42. The molecular weight excluding hydrogens is 258 g/mol. The van der Waals surface area contributed by atoms with Gasteiger partial charge in [0.15, 0.2) is 0 Å². The SMILES string of the molecule is CC(NCCc1cnn(C)c1)c1cccc2ccccc12. The minimum absolute atomic E-state index is 0.341. The summed E-state index contributed by atoms with van der Waals surface area (Å²) >= 11 is 0. The molecule has 1 atom stereocenters. The Hall–Kier alpha value is -2.13. The number of nitrogens with one attached hydrogen (secondary N) is 1. The zero-order chi connectivity index (χ0) is 14.7. The van der Waals surface area contributed by atoms with Crippen LogP contribution in [0.1, 0.15) is 24.1 Å². The average Bonchev–Trinajstić information content (AvgIpc) is 2.92. The fourth-order valence-corrected chi connectivity index (χ4v) is 2.77. The normalized spacial score (nSPS) is 12.7. The lowest BCUT2D eigenvalue weighted by molar-refractivity contribution is 0.580. The Balaban J connectivity index is 1.68. The van der Waals surface area contributed by atoms with Gasteiger partial charge in [0.1, 0.15) is 0 Å². The van der Waals surface area contributed by atoms with Crippen LogP contribution in [-0.4, -0.2) is 16.3 Å². The van der Waals surface area contributed by atoms with Crippen molar-refractivity contribution in [3.8, 4) is 0 Å². The molecule has 0 spiro atoms. The molecule has 1 unspecified atom stereocenters. The highest BCUT2D eigenvalue weighted by molar-refractivity contribution is 5.86. The molecular formula is C18H21N3. The monoisotopic (exact) mass is 279 g/mol. The van der Waals surface area contributed by atoms with E-state index in [0.29, 0.717) is 6.04 Å². The predicted octanol–water partition coefficient (Wildman–Crippen LogP) is 3.47. The minimum Gasteiger partial charge on any atom is -0.310 e. The van der Waals surface area contributed by atoms with Crippen molar-refractivity contribution in [1.29, 1.82) is 0 Å². The molecule has 3 heteroatoms. The number of hydrogen-bond donors (Lipinski definition) is 1. The van der Waals surface area contributed by atoms with E-state index in [1.54, 1.807) is 0 Å². The number of hydrogen-bond acceptors (Lipinski definition) is 2. The van der Waals surface area contributed by atoms with Crippen LogP contribution in [0.15, 0.2) is 54.9 Å². The molecule has 0 bridgehead atoms. The largest absolute Gasteiger partial charge is 0.310 e. The molecule has 0 aliphatic rings. The van der Waals surface area contributed by atoms with E-state index in [1.807, 2.05) is 17.9 Å². The first kappa shape index (κ1) is 13.8. The minimum atomic E-state index is 0.341. The van der Waals surface area contributed by atoms with Crippen LogP contribution in [0.2, 0.25) is 0 Å². The zero-order valence-electron chi connectivity index (χ0n) is 12.6. The molecule has 0 saturated heterocycles. The molecule has 1 N–H and O–H groups in total. The molecule has 0 amide bonds. The Morgan fingerprint density at radius 3 is 2.76 bits per heavy atom. The van der Waals surface area contributed by atoms with Gasteiger partial charge in [0.25, 0.3) is 0 Å². The number of rotatable bonds is 5. The van der Waals surface area contributed by atoms with Gasteiger partial charge in [-0.3, -0.25) is 4.68 Å². The van der Waals surface area contributed by atoms with Crippen molar-refractivity contribution in [3.63, 3.8) is 0 Å². The molecule has 0 aliphatic carbocycles. The Labute approximate surface area is 125 Å². The molecule has 0 fully saturated rings. The molecule has 3 nitrogen and oxygen atoms in total. The number of fused-ring (bicyclic) bond motifs is 1. The van der Waals surface area contributed by atoms with Crippen molar-refractivity contribution in [2.24, 2.45) is 7.05 Å². The van der Waals surface area contributed by atoms with Crippen LogP contribution in [0.25, 0.3) is 10.8 Å². The summed E-state index contributed by atoms with van der Waals surface area (Å²) in [5, 5.41) is 10.5. The van der Waals surface area contributed by atoms with Crippen LogP contribution in [0.5, 0.6) is 0 Å². The van der Waals surface area contributed by atoms with E-state index in [0.717, 1.165) is 13.0 Å². The van der Waals surface area contributed by atoms with E-state index >= 15 is 0 Å². The summed E-state index contributed by atoms with van der Waals surface area (Å²) in [6.07, 6.45) is 5.01. The Bertz CT molecular complexity index is 725. The van der Waals surface area contributed by atoms with Gasteiger partial charge in [-0.2, -0.15) is 5.10 Å². The van der Waals surface area contributed by atoms with Gasteiger partial charge in [0, 0.05) is 19.3 Å². The second-order valence-electron chi connectivity index (χ2n) is 5.52. The predicted molar refractivity (Wildman–Crippen MR) is 87.3 cm³/mol. The van der Waals surface area contributed by atoms with Gasteiger partial charge in [-0.15, -0.1) is 0 Å². The van der Waals surface area contributed by atoms with E-state index in [4.69, 9.17) is 0 Å². The maximum Gasteiger partial charge on any atom is 0.0522 e. The number of nitrogens with zero attached hydrogens (tertiary/aromatic N) is 2. The molecule has 0 radical (unpaired) electrons. The van der Waals surface area contributed by atoms with Crippen molar-refractivity contribution in [2.45, 2.75) is 19.4 Å². The van der Waals surface area contributed by atoms with Crippen molar-refractivity contribution >= 4 is 10.8 Å². The third kappa shape index (κ3) is 3.14. The first-order chi connectivity index (χ1) is 10.2. The van der Waals surface area contributed by atoms with Crippen LogP contribution in [0, 0.1) is 0 Å². The second kappa shape index (κ2) is 6.10. The van der Waals surface area contributed by atoms with E-state index in [1.165, 1.54) is 21.9 Å². The quantitative estimate of drug-likeness (QED) is 0.775. The van der Waals surface area contributed by atoms with Crippen LogP contribution in [0.3, 0.4) is 0 Å². The molecule has 1 heterocycles. The summed E-state index contributed by atoms with van der Waals surface area (Å²) in [5.74, 6) is 0. The third-order valence-corrected chi connectivity index (χ3v) is 3.91. The molecule has 0 aliphatic heterocycles. The van der Waals surface area contributed by atoms with Gasteiger partial charge in [-0.1, -0.05) is 42.5 Å².